The van der Waals surface area contributed by atoms with E-state index in [0.29, 0.717) is 5.02 Å². The van der Waals surface area contributed by atoms with Gasteiger partial charge in [0.05, 0.1) is 10.7 Å². The average molecular weight is 369 g/mol. The van der Waals surface area contributed by atoms with Crippen molar-refractivity contribution in [3.8, 4) is 0 Å². The third-order valence-electron chi connectivity index (χ3n) is 4.75. The summed E-state index contributed by atoms with van der Waals surface area (Å²) in [4.78, 5) is 21.6. The first-order valence-electron chi connectivity index (χ1n) is 8.89. The Morgan fingerprint density at radius 1 is 1.00 bits per heavy atom. The number of hydrogen-bond donors (Lipinski definition) is 0. The van der Waals surface area contributed by atoms with Gasteiger partial charge in [-0.05, 0) is 30.7 Å². The maximum absolute atomic E-state index is 12.6. The molecule has 1 fully saturated rings. The molecule has 4 rings (SSSR count). The SMILES string of the molecule is O=C(c1ccccc1)N1CCCN(Cc2cn3cc(Cl)ccc3n2)CC1. The Hall–Kier alpha value is -2.37. The van der Waals surface area contributed by atoms with E-state index in [-0.39, 0.29) is 5.91 Å². The van der Waals surface area contributed by atoms with Gasteiger partial charge in [-0.15, -0.1) is 0 Å². The van der Waals surface area contributed by atoms with Gasteiger partial charge in [-0.3, -0.25) is 9.69 Å². The van der Waals surface area contributed by atoms with E-state index in [4.69, 9.17) is 11.6 Å². The minimum atomic E-state index is 0.120. The zero-order chi connectivity index (χ0) is 17.9. The standard InChI is InChI=1S/C20H21ClN4O/c21-17-7-8-19-22-18(15-25(19)13-17)14-23-9-4-10-24(12-11-23)20(26)16-5-2-1-3-6-16/h1-3,5-8,13,15H,4,9-12,14H2. The Balaban J connectivity index is 1.41. The summed E-state index contributed by atoms with van der Waals surface area (Å²) in [7, 11) is 0. The largest absolute Gasteiger partial charge is 0.337 e. The number of amides is 1. The van der Waals surface area contributed by atoms with E-state index in [1.54, 1.807) is 0 Å². The summed E-state index contributed by atoms with van der Waals surface area (Å²) < 4.78 is 1.96. The lowest BCUT2D eigenvalue weighted by atomic mass is 10.2. The van der Waals surface area contributed by atoms with Crippen LogP contribution in [0.5, 0.6) is 0 Å². The van der Waals surface area contributed by atoms with Crippen LogP contribution in [0.2, 0.25) is 5.02 Å². The third kappa shape index (κ3) is 3.74. The summed E-state index contributed by atoms with van der Waals surface area (Å²) in [6.45, 7) is 4.14. The molecule has 0 spiro atoms. The van der Waals surface area contributed by atoms with Crippen molar-refractivity contribution < 1.29 is 4.79 Å². The molecular weight excluding hydrogens is 348 g/mol. The van der Waals surface area contributed by atoms with Gasteiger partial charge in [0.25, 0.3) is 5.91 Å². The number of nitrogens with zero attached hydrogens (tertiary/aromatic N) is 4. The van der Waals surface area contributed by atoms with Crippen molar-refractivity contribution in [1.29, 1.82) is 0 Å². The molecule has 134 valence electrons. The molecule has 0 N–H and O–H groups in total. The molecule has 5 nitrogen and oxygen atoms in total. The van der Waals surface area contributed by atoms with Crippen LogP contribution >= 0.6 is 11.6 Å². The number of benzene rings is 1. The van der Waals surface area contributed by atoms with Gasteiger partial charge in [-0.1, -0.05) is 29.8 Å². The van der Waals surface area contributed by atoms with Crippen LogP contribution in [0, 0.1) is 0 Å². The minimum absolute atomic E-state index is 0.120. The number of fused-ring (bicyclic) bond motifs is 1. The second-order valence-corrected chi connectivity index (χ2v) is 7.07. The van der Waals surface area contributed by atoms with Crippen LogP contribution in [0.25, 0.3) is 5.65 Å². The first kappa shape index (κ1) is 17.1. The average Bonchev–Trinajstić information content (AvgIpc) is 2.90. The second-order valence-electron chi connectivity index (χ2n) is 6.63. The van der Waals surface area contributed by atoms with Crippen LogP contribution in [0.3, 0.4) is 0 Å². The number of hydrogen-bond acceptors (Lipinski definition) is 3. The zero-order valence-electron chi connectivity index (χ0n) is 14.5. The van der Waals surface area contributed by atoms with Crippen molar-refractivity contribution in [2.75, 3.05) is 26.2 Å². The molecule has 2 aromatic heterocycles. The number of aromatic nitrogens is 2. The molecule has 0 unspecified atom stereocenters. The van der Waals surface area contributed by atoms with Gasteiger partial charge in [0.15, 0.2) is 0 Å². The lowest BCUT2D eigenvalue weighted by Gasteiger charge is -2.21. The summed E-state index contributed by atoms with van der Waals surface area (Å²) in [6.07, 6.45) is 4.87. The molecule has 1 aliphatic rings. The van der Waals surface area contributed by atoms with E-state index in [1.807, 2.05) is 64.2 Å². The minimum Gasteiger partial charge on any atom is -0.337 e. The van der Waals surface area contributed by atoms with Gasteiger partial charge in [-0.2, -0.15) is 0 Å². The maximum Gasteiger partial charge on any atom is 0.253 e. The topological polar surface area (TPSA) is 40.9 Å². The van der Waals surface area contributed by atoms with Gasteiger partial charge in [0.2, 0.25) is 0 Å². The van der Waals surface area contributed by atoms with Crippen LogP contribution in [-0.2, 0) is 6.54 Å². The Morgan fingerprint density at radius 3 is 2.69 bits per heavy atom. The summed E-state index contributed by atoms with van der Waals surface area (Å²) in [5, 5.41) is 0.700. The van der Waals surface area contributed by atoms with E-state index >= 15 is 0 Å². The molecule has 3 heterocycles. The van der Waals surface area contributed by atoms with E-state index < -0.39 is 0 Å². The highest BCUT2D eigenvalue weighted by molar-refractivity contribution is 6.30. The first-order chi connectivity index (χ1) is 12.7. The van der Waals surface area contributed by atoms with Crippen molar-refractivity contribution in [3.63, 3.8) is 0 Å². The molecule has 0 radical (unpaired) electrons. The smallest absolute Gasteiger partial charge is 0.253 e. The Bertz CT molecular complexity index is 909. The second kappa shape index (κ2) is 7.48. The number of halogens is 1. The molecule has 6 heteroatoms. The summed E-state index contributed by atoms with van der Waals surface area (Å²) >= 11 is 6.04. The Kier molecular flexibility index (Phi) is 4.91. The van der Waals surface area contributed by atoms with Crippen molar-refractivity contribution in [1.82, 2.24) is 19.2 Å². The zero-order valence-corrected chi connectivity index (χ0v) is 15.3. The number of rotatable bonds is 3. The number of pyridine rings is 1. The Morgan fingerprint density at radius 2 is 1.85 bits per heavy atom. The fraction of sp³-hybridized carbons (Fsp3) is 0.300. The van der Waals surface area contributed by atoms with Crippen molar-refractivity contribution >= 4 is 23.2 Å². The number of imidazole rings is 1. The third-order valence-corrected chi connectivity index (χ3v) is 4.97. The fourth-order valence-corrected chi connectivity index (χ4v) is 3.59. The van der Waals surface area contributed by atoms with Crippen molar-refractivity contribution in [2.24, 2.45) is 0 Å². The highest BCUT2D eigenvalue weighted by atomic mass is 35.5. The molecule has 26 heavy (non-hydrogen) atoms. The highest BCUT2D eigenvalue weighted by Gasteiger charge is 2.20. The first-order valence-corrected chi connectivity index (χ1v) is 9.27. The highest BCUT2D eigenvalue weighted by Crippen LogP contribution is 2.15. The summed E-state index contributed by atoms with van der Waals surface area (Å²) in [6, 6.07) is 13.3. The van der Waals surface area contributed by atoms with Gasteiger partial charge >= 0.3 is 0 Å². The molecule has 1 amide bonds. The van der Waals surface area contributed by atoms with Crippen LogP contribution in [0.1, 0.15) is 22.5 Å². The van der Waals surface area contributed by atoms with Crippen LogP contribution < -0.4 is 0 Å². The predicted molar refractivity (Wildman–Crippen MR) is 102 cm³/mol. The normalized spacial score (nSPS) is 16.0. The predicted octanol–water partition coefficient (Wildman–Crippen LogP) is 3.34. The van der Waals surface area contributed by atoms with Crippen molar-refractivity contribution in [3.05, 3.63) is 71.1 Å². The number of carbonyl (C=O) groups excluding carboxylic acids is 1. The van der Waals surface area contributed by atoms with Gasteiger partial charge in [0, 0.05) is 50.7 Å². The van der Waals surface area contributed by atoms with Crippen LogP contribution in [0.15, 0.2) is 54.9 Å². The summed E-state index contributed by atoms with van der Waals surface area (Å²) in [5.41, 5.74) is 2.69. The molecule has 3 aromatic rings. The van der Waals surface area contributed by atoms with E-state index in [2.05, 4.69) is 9.88 Å². The lowest BCUT2D eigenvalue weighted by Crippen LogP contribution is -2.35. The fourth-order valence-electron chi connectivity index (χ4n) is 3.42. The monoisotopic (exact) mass is 368 g/mol. The van der Waals surface area contributed by atoms with Crippen molar-refractivity contribution in [2.45, 2.75) is 13.0 Å². The van der Waals surface area contributed by atoms with Gasteiger partial charge < -0.3 is 9.30 Å². The van der Waals surface area contributed by atoms with E-state index in [9.17, 15) is 4.79 Å². The molecular formula is C20H21ClN4O. The van der Waals surface area contributed by atoms with Gasteiger partial charge in [-0.25, -0.2) is 4.98 Å². The van der Waals surface area contributed by atoms with E-state index in [1.165, 1.54) is 0 Å². The molecule has 0 saturated carbocycles. The molecule has 1 saturated heterocycles. The maximum atomic E-state index is 12.6. The quantitative estimate of drug-likeness (QED) is 0.712. The van der Waals surface area contributed by atoms with Crippen LogP contribution in [0.4, 0.5) is 0 Å². The number of carbonyl (C=O) groups is 1. The van der Waals surface area contributed by atoms with Gasteiger partial charge in [0.1, 0.15) is 5.65 Å². The van der Waals surface area contributed by atoms with E-state index in [0.717, 1.165) is 56.0 Å². The molecule has 0 aliphatic carbocycles. The molecule has 0 atom stereocenters. The molecule has 1 aliphatic heterocycles. The lowest BCUT2D eigenvalue weighted by molar-refractivity contribution is 0.0761. The Labute approximate surface area is 157 Å². The molecule has 1 aromatic carbocycles. The van der Waals surface area contributed by atoms with Crippen LogP contribution in [-0.4, -0.2) is 51.3 Å². The molecule has 0 bridgehead atoms. The summed E-state index contributed by atoms with van der Waals surface area (Å²) in [5.74, 6) is 0.120.